The lowest BCUT2D eigenvalue weighted by Crippen LogP contribution is -2.52. The third kappa shape index (κ3) is 6.10. The Morgan fingerprint density at radius 1 is 1.19 bits per heavy atom. The third-order valence-electron chi connectivity index (χ3n) is 7.72. The maximum absolute atomic E-state index is 14.2. The Morgan fingerprint density at radius 3 is 2.68 bits per heavy atom. The standard InChI is InChI=1S/C28H37ClFN3O4/c1-37-14-3-2-12-28(36,22-10-5-11-23(29)26(22)19-7-4-9-21(30)15-19)20-8-6-13-32(16-20)27(35)33-17-24(31)25(34)18-33/h4-5,7,9-11,15,20,24-25,34,36H,2-3,6,8,12-14,16-18,31H2,1H3/t20-,24-,25+,28+/m1/s1. The molecule has 2 heterocycles. The molecule has 7 nitrogen and oxygen atoms in total. The van der Waals surface area contributed by atoms with E-state index in [2.05, 4.69) is 0 Å². The number of unbranched alkanes of at least 4 members (excludes halogenated alkanes) is 1. The van der Waals surface area contributed by atoms with Gasteiger partial charge in [-0.15, -0.1) is 0 Å². The molecule has 2 aliphatic heterocycles. The van der Waals surface area contributed by atoms with Crippen LogP contribution in [0.4, 0.5) is 9.18 Å². The van der Waals surface area contributed by atoms with Gasteiger partial charge in [0, 0.05) is 62.4 Å². The maximum Gasteiger partial charge on any atom is 0.320 e. The Morgan fingerprint density at radius 2 is 1.97 bits per heavy atom. The highest BCUT2D eigenvalue weighted by Crippen LogP contribution is 2.46. The SMILES string of the molecule is COCCCC[C@@](O)(c1cccc(Cl)c1-c1cccc(F)c1)[C@@H]1CCCN(C(=O)N2C[C@@H](N)[C@@H](O)C2)C1. The summed E-state index contributed by atoms with van der Waals surface area (Å²) in [6.45, 7) is 2.02. The number of aliphatic hydroxyl groups excluding tert-OH is 1. The Balaban J connectivity index is 1.68. The molecule has 0 unspecified atom stereocenters. The number of carbonyl (C=O) groups is 1. The molecule has 2 fully saturated rings. The number of β-amino-alcohol motifs (C(OH)–C–C–N with tert-alkyl or cyclic N) is 1. The monoisotopic (exact) mass is 533 g/mol. The summed E-state index contributed by atoms with van der Waals surface area (Å²) in [5.41, 5.74) is 6.47. The number of nitrogens with zero attached hydrogens (tertiary/aromatic N) is 2. The van der Waals surface area contributed by atoms with Crippen molar-refractivity contribution in [2.45, 2.75) is 49.9 Å². The van der Waals surface area contributed by atoms with E-state index in [9.17, 15) is 19.4 Å². The lowest BCUT2D eigenvalue weighted by atomic mass is 9.72. The molecule has 2 aliphatic rings. The van der Waals surface area contributed by atoms with Crippen LogP contribution < -0.4 is 5.73 Å². The van der Waals surface area contributed by atoms with Gasteiger partial charge >= 0.3 is 6.03 Å². The first-order chi connectivity index (χ1) is 17.7. The molecule has 0 aliphatic carbocycles. The number of halogens is 2. The first-order valence-electron chi connectivity index (χ1n) is 13.0. The minimum Gasteiger partial charge on any atom is -0.390 e. The minimum atomic E-state index is -1.31. The molecule has 2 saturated heterocycles. The van der Waals surface area contributed by atoms with E-state index in [-0.39, 0.29) is 24.3 Å². The molecule has 0 radical (unpaired) electrons. The molecule has 0 spiro atoms. The molecule has 4 N–H and O–H groups in total. The quantitative estimate of drug-likeness (QED) is 0.446. The highest BCUT2D eigenvalue weighted by molar-refractivity contribution is 6.33. The van der Waals surface area contributed by atoms with Crippen LogP contribution in [0.25, 0.3) is 11.1 Å². The van der Waals surface area contributed by atoms with Crippen LogP contribution in [-0.2, 0) is 10.3 Å². The second-order valence-corrected chi connectivity index (χ2v) is 10.7. The molecule has 0 bridgehead atoms. The van der Waals surface area contributed by atoms with Gasteiger partial charge in [0.2, 0.25) is 0 Å². The number of methoxy groups -OCH3 is 1. The molecule has 9 heteroatoms. The summed E-state index contributed by atoms with van der Waals surface area (Å²) >= 11 is 6.68. The zero-order valence-corrected chi connectivity index (χ0v) is 22.0. The molecule has 2 aromatic carbocycles. The fourth-order valence-electron chi connectivity index (χ4n) is 5.73. The van der Waals surface area contributed by atoms with Crippen molar-refractivity contribution in [3.63, 3.8) is 0 Å². The Hall–Kier alpha value is -2.23. The number of rotatable bonds is 8. The summed E-state index contributed by atoms with van der Waals surface area (Å²) in [4.78, 5) is 16.6. The van der Waals surface area contributed by atoms with Crippen LogP contribution in [0.15, 0.2) is 42.5 Å². The van der Waals surface area contributed by atoms with E-state index in [1.54, 1.807) is 41.2 Å². The second-order valence-electron chi connectivity index (χ2n) is 10.3. The van der Waals surface area contributed by atoms with E-state index in [1.165, 1.54) is 12.1 Å². The van der Waals surface area contributed by atoms with Gasteiger partial charge in [-0.1, -0.05) is 35.9 Å². The molecule has 202 valence electrons. The van der Waals surface area contributed by atoms with Gasteiger partial charge in [0.1, 0.15) is 5.82 Å². The lowest BCUT2D eigenvalue weighted by molar-refractivity contribution is -0.0571. The topological polar surface area (TPSA) is 99.3 Å². The highest BCUT2D eigenvalue weighted by atomic mass is 35.5. The number of likely N-dealkylation sites (tertiary alicyclic amines) is 2. The number of urea groups is 1. The molecular weight excluding hydrogens is 497 g/mol. The minimum absolute atomic E-state index is 0.171. The van der Waals surface area contributed by atoms with Gasteiger partial charge in [-0.2, -0.15) is 0 Å². The number of nitrogens with two attached hydrogens (primary N) is 1. The van der Waals surface area contributed by atoms with E-state index in [1.807, 2.05) is 6.07 Å². The molecule has 0 aromatic heterocycles. The van der Waals surface area contributed by atoms with E-state index >= 15 is 0 Å². The fraction of sp³-hybridized carbons (Fsp3) is 0.536. The first kappa shape index (κ1) is 27.8. The van der Waals surface area contributed by atoms with Crippen molar-refractivity contribution in [3.05, 3.63) is 58.9 Å². The van der Waals surface area contributed by atoms with Crippen molar-refractivity contribution in [3.8, 4) is 11.1 Å². The molecular formula is C28H37ClFN3O4. The van der Waals surface area contributed by atoms with E-state index in [0.717, 1.165) is 19.3 Å². The van der Waals surface area contributed by atoms with Gasteiger partial charge in [0.25, 0.3) is 0 Å². The molecule has 4 rings (SSSR count). The zero-order chi connectivity index (χ0) is 26.6. The van der Waals surface area contributed by atoms with Crippen molar-refractivity contribution in [1.29, 1.82) is 0 Å². The zero-order valence-electron chi connectivity index (χ0n) is 21.3. The average Bonchev–Trinajstić information content (AvgIpc) is 3.23. The number of amides is 2. The van der Waals surface area contributed by atoms with Crippen molar-refractivity contribution in [2.75, 3.05) is 39.9 Å². The summed E-state index contributed by atoms with van der Waals surface area (Å²) < 4.78 is 19.4. The summed E-state index contributed by atoms with van der Waals surface area (Å²) in [6.07, 6.45) is 2.64. The second kappa shape index (κ2) is 12.1. The summed E-state index contributed by atoms with van der Waals surface area (Å²) in [5, 5.41) is 23.0. The van der Waals surface area contributed by atoms with Crippen LogP contribution in [0.1, 0.15) is 37.7 Å². The van der Waals surface area contributed by atoms with E-state index in [4.69, 9.17) is 22.1 Å². The molecule has 0 saturated carbocycles. The Kier molecular flexibility index (Phi) is 9.08. The Bertz CT molecular complexity index is 1080. The van der Waals surface area contributed by atoms with Gasteiger partial charge in [0.05, 0.1) is 11.7 Å². The van der Waals surface area contributed by atoms with Gasteiger partial charge in [0.15, 0.2) is 0 Å². The number of ether oxygens (including phenoxy) is 1. The normalized spacial score (nSPS) is 23.8. The third-order valence-corrected chi connectivity index (χ3v) is 8.04. The van der Waals surface area contributed by atoms with Crippen molar-refractivity contribution in [2.24, 2.45) is 11.7 Å². The number of hydrogen-bond acceptors (Lipinski definition) is 5. The predicted octanol–water partition coefficient (Wildman–Crippen LogP) is 3.99. The Labute approximate surface area is 223 Å². The van der Waals surface area contributed by atoms with Crippen molar-refractivity contribution in [1.82, 2.24) is 9.80 Å². The highest BCUT2D eigenvalue weighted by Gasteiger charge is 2.44. The average molecular weight is 534 g/mol. The van der Waals surface area contributed by atoms with Crippen LogP contribution in [0.5, 0.6) is 0 Å². The number of benzene rings is 2. The van der Waals surface area contributed by atoms with E-state index < -0.39 is 17.7 Å². The van der Waals surface area contributed by atoms with Crippen LogP contribution in [0, 0.1) is 11.7 Å². The maximum atomic E-state index is 14.2. The smallest absolute Gasteiger partial charge is 0.320 e. The van der Waals surface area contributed by atoms with Crippen LogP contribution in [-0.4, -0.2) is 78.1 Å². The number of aliphatic hydroxyl groups is 2. The number of hydrogen-bond donors (Lipinski definition) is 3. The molecule has 4 atom stereocenters. The number of carbonyl (C=O) groups excluding carboxylic acids is 1. The lowest BCUT2D eigenvalue weighted by Gasteiger charge is -2.44. The van der Waals surface area contributed by atoms with Crippen LogP contribution >= 0.6 is 11.6 Å². The van der Waals surface area contributed by atoms with Gasteiger partial charge in [-0.3, -0.25) is 0 Å². The van der Waals surface area contributed by atoms with Gasteiger partial charge in [-0.25, -0.2) is 9.18 Å². The summed E-state index contributed by atoms with van der Waals surface area (Å²) in [6, 6.07) is 11.0. The van der Waals surface area contributed by atoms with Gasteiger partial charge in [-0.05, 0) is 61.4 Å². The van der Waals surface area contributed by atoms with Gasteiger partial charge < -0.3 is 30.5 Å². The largest absolute Gasteiger partial charge is 0.390 e. The summed E-state index contributed by atoms with van der Waals surface area (Å²) in [5.74, 6) is -0.646. The number of piperidine rings is 1. The fourth-order valence-corrected chi connectivity index (χ4v) is 6.01. The van der Waals surface area contributed by atoms with Crippen LogP contribution in [0.3, 0.4) is 0 Å². The van der Waals surface area contributed by atoms with Crippen LogP contribution in [0.2, 0.25) is 5.02 Å². The van der Waals surface area contributed by atoms with E-state index in [0.29, 0.717) is 60.8 Å². The van der Waals surface area contributed by atoms with Crippen molar-refractivity contribution < 1.29 is 24.1 Å². The molecule has 2 amide bonds. The molecule has 37 heavy (non-hydrogen) atoms. The predicted molar refractivity (Wildman–Crippen MR) is 142 cm³/mol. The van der Waals surface area contributed by atoms with Crippen molar-refractivity contribution >= 4 is 17.6 Å². The first-order valence-corrected chi connectivity index (χ1v) is 13.4. The molecule has 2 aromatic rings. The summed E-state index contributed by atoms with van der Waals surface area (Å²) in [7, 11) is 1.65.